The fraction of sp³-hybridized carbons (Fsp3) is 0.800. The Kier molecular flexibility index (Phi) is 10.1. The van der Waals surface area contributed by atoms with E-state index in [1.165, 1.54) is 63.4 Å². The van der Waals surface area contributed by atoms with Crippen molar-refractivity contribution in [3.63, 3.8) is 0 Å². The van der Waals surface area contributed by atoms with E-state index in [1.807, 2.05) is 11.3 Å². The molecule has 0 aliphatic carbocycles. The van der Waals surface area contributed by atoms with Crippen LogP contribution in [0.2, 0.25) is 0 Å². The van der Waals surface area contributed by atoms with E-state index in [4.69, 9.17) is 0 Å². The second-order valence-electron chi connectivity index (χ2n) is 7.49. The maximum Gasteiger partial charge on any atom is -0.00613 e. The third kappa shape index (κ3) is 10.1. The van der Waals surface area contributed by atoms with E-state index in [9.17, 15) is 0 Å². The third-order valence-electron chi connectivity index (χ3n) is 4.61. The number of hydrogen-bond acceptors (Lipinski definition) is 1. The molecule has 0 nitrogen and oxygen atoms in total. The van der Waals surface area contributed by atoms with Gasteiger partial charge in [-0.2, -0.15) is 11.3 Å². The number of aryl methyl sites for hydroxylation is 1. The van der Waals surface area contributed by atoms with E-state index in [0.717, 1.165) is 17.8 Å². The zero-order valence-corrected chi connectivity index (χ0v) is 15.6. The molecular formula is C20H36S. The van der Waals surface area contributed by atoms with Crippen LogP contribution in [-0.4, -0.2) is 0 Å². The van der Waals surface area contributed by atoms with Crippen molar-refractivity contribution >= 4 is 11.3 Å². The normalized spacial score (nSPS) is 14.5. The molecule has 1 heteroatoms. The molecule has 1 heterocycles. The van der Waals surface area contributed by atoms with Crippen molar-refractivity contribution in [2.24, 2.45) is 17.8 Å². The molecule has 122 valence electrons. The van der Waals surface area contributed by atoms with Gasteiger partial charge in [-0.1, -0.05) is 72.6 Å². The largest absolute Gasteiger partial charge is 0.152 e. The van der Waals surface area contributed by atoms with Gasteiger partial charge in [0.2, 0.25) is 0 Å². The Hall–Kier alpha value is -0.300. The number of hydrogen-bond donors (Lipinski definition) is 0. The van der Waals surface area contributed by atoms with Gasteiger partial charge in [0.1, 0.15) is 0 Å². The van der Waals surface area contributed by atoms with Crippen LogP contribution in [0.4, 0.5) is 0 Å². The van der Waals surface area contributed by atoms with Gasteiger partial charge in [0.15, 0.2) is 0 Å². The summed E-state index contributed by atoms with van der Waals surface area (Å²) in [7, 11) is 0. The standard InChI is InChI=1S/C20H36S/c1-17(2)8-5-9-18(3)10-6-11-19(4)12-7-13-20-14-15-21-16-20/h14-19H,5-13H2,1-4H3. The van der Waals surface area contributed by atoms with Crippen LogP contribution in [0.25, 0.3) is 0 Å². The van der Waals surface area contributed by atoms with Crippen molar-refractivity contribution in [2.75, 3.05) is 0 Å². The molecule has 0 saturated heterocycles. The molecule has 0 bridgehead atoms. The van der Waals surface area contributed by atoms with Gasteiger partial charge in [-0.05, 0) is 53.0 Å². The number of thiophene rings is 1. The van der Waals surface area contributed by atoms with Crippen molar-refractivity contribution in [3.8, 4) is 0 Å². The fourth-order valence-corrected chi connectivity index (χ4v) is 3.77. The second-order valence-corrected chi connectivity index (χ2v) is 8.27. The summed E-state index contributed by atoms with van der Waals surface area (Å²) in [6, 6.07) is 2.27. The summed E-state index contributed by atoms with van der Waals surface area (Å²) in [5, 5.41) is 4.49. The minimum absolute atomic E-state index is 0.875. The first-order valence-corrected chi connectivity index (χ1v) is 10.0. The average Bonchev–Trinajstić information content (AvgIpc) is 2.91. The lowest BCUT2D eigenvalue weighted by molar-refractivity contribution is 0.389. The van der Waals surface area contributed by atoms with Crippen LogP contribution >= 0.6 is 11.3 Å². The van der Waals surface area contributed by atoms with Gasteiger partial charge in [-0.3, -0.25) is 0 Å². The maximum atomic E-state index is 2.45. The maximum absolute atomic E-state index is 2.45. The molecule has 0 saturated carbocycles. The van der Waals surface area contributed by atoms with E-state index < -0.39 is 0 Å². The molecule has 1 rings (SSSR count). The van der Waals surface area contributed by atoms with Gasteiger partial charge in [-0.15, -0.1) is 0 Å². The SMILES string of the molecule is CC(C)CCCC(C)CCCC(C)CCCc1ccsc1. The monoisotopic (exact) mass is 308 g/mol. The van der Waals surface area contributed by atoms with Gasteiger partial charge < -0.3 is 0 Å². The Morgan fingerprint density at radius 1 is 0.810 bits per heavy atom. The van der Waals surface area contributed by atoms with Crippen molar-refractivity contribution in [3.05, 3.63) is 22.4 Å². The van der Waals surface area contributed by atoms with Crippen LogP contribution in [0.15, 0.2) is 16.8 Å². The molecular weight excluding hydrogens is 272 g/mol. The van der Waals surface area contributed by atoms with Crippen molar-refractivity contribution < 1.29 is 0 Å². The zero-order valence-electron chi connectivity index (χ0n) is 14.7. The summed E-state index contributed by atoms with van der Waals surface area (Å²) in [6.07, 6.45) is 12.6. The lowest BCUT2D eigenvalue weighted by Crippen LogP contribution is -2.00. The van der Waals surface area contributed by atoms with Crippen LogP contribution in [0.3, 0.4) is 0 Å². The first-order chi connectivity index (χ1) is 10.1. The summed E-state index contributed by atoms with van der Waals surface area (Å²) in [5.74, 6) is 2.72. The third-order valence-corrected chi connectivity index (χ3v) is 5.35. The Morgan fingerprint density at radius 3 is 1.90 bits per heavy atom. The molecule has 2 unspecified atom stereocenters. The summed E-state index contributed by atoms with van der Waals surface area (Å²) < 4.78 is 0. The average molecular weight is 309 g/mol. The zero-order chi connectivity index (χ0) is 15.5. The smallest absolute Gasteiger partial charge is 0.00613 e. The van der Waals surface area contributed by atoms with Gasteiger partial charge >= 0.3 is 0 Å². The molecule has 0 aromatic carbocycles. The highest BCUT2D eigenvalue weighted by Gasteiger charge is 2.06. The lowest BCUT2D eigenvalue weighted by Gasteiger charge is -2.15. The summed E-state index contributed by atoms with van der Waals surface area (Å²) in [4.78, 5) is 0. The highest BCUT2D eigenvalue weighted by Crippen LogP contribution is 2.21. The van der Waals surface area contributed by atoms with E-state index >= 15 is 0 Å². The minimum atomic E-state index is 0.875. The first kappa shape index (κ1) is 18.7. The molecule has 0 aliphatic heterocycles. The Bertz CT molecular complexity index is 326. The molecule has 0 spiro atoms. The molecule has 0 N–H and O–H groups in total. The Balaban J connectivity index is 1.95. The summed E-state index contributed by atoms with van der Waals surface area (Å²) in [6.45, 7) is 9.56. The minimum Gasteiger partial charge on any atom is -0.152 e. The molecule has 2 atom stereocenters. The second kappa shape index (κ2) is 11.3. The van der Waals surface area contributed by atoms with Crippen LogP contribution < -0.4 is 0 Å². The molecule has 1 aromatic rings. The van der Waals surface area contributed by atoms with Gasteiger partial charge in [-0.25, -0.2) is 0 Å². The highest BCUT2D eigenvalue weighted by molar-refractivity contribution is 7.07. The van der Waals surface area contributed by atoms with Crippen LogP contribution in [0.1, 0.15) is 84.6 Å². The van der Waals surface area contributed by atoms with Gasteiger partial charge in [0.05, 0.1) is 0 Å². The quantitative estimate of drug-likeness (QED) is 0.379. The van der Waals surface area contributed by atoms with Gasteiger partial charge in [0.25, 0.3) is 0 Å². The highest BCUT2D eigenvalue weighted by atomic mass is 32.1. The predicted octanol–water partition coefficient (Wildman–Crippen LogP) is 7.34. The molecule has 0 radical (unpaired) electrons. The van der Waals surface area contributed by atoms with E-state index in [-0.39, 0.29) is 0 Å². The van der Waals surface area contributed by atoms with Crippen LogP contribution in [0.5, 0.6) is 0 Å². The Morgan fingerprint density at radius 2 is 1.38 bits per heavy atom. The van der Waals surface area contributed by atoms with E-state index in [2.05, 4.69) is 44.5 Å². The predicted molar refractivity (Wildman–Crippen MR) is 98.1 cm³/mol. The van der Waals surface area contributed by atoms with E-state index in [0.29, 0.717) is 0 Å². The first-order valence-electron chi connectivity index (χ1n) is 9.09. The Labute approximate surface area is 137 Å². The van der Waals surface area contributed by atoms with Crippen molar-refractivity contribution in [1.82, 2.24) is 0 Å². The van der Waals surface area contributed by atoms with Crippen LogP contribution in [-0.2, 0) is 6.42 Å². The molecule has 1 aromatic heterocycles. The van der Waals surface area contributed by atoms with Gasteiger partial charge in [0, 0.05) is 0 Å². The molecule has 0 fully saturated rings. The topological polar surface area (TPSA) is 0 Å². The summed E-state index contributed by atoms with van der Waals surface area (Å²) in [5.41, 5.74) is 1.53. The van der Waals surface area contributed by atoms with Crippen molar-refractivity contribution in [2.45, 2.75) is 85.5 Å². The molecule has 21 heavy (non-hydrogen) atoms. The molecule has 0 amide bonds. The number of rotatable bonds is 12. The van der Waals surface area contributed by atoms with E-state index in [1.54, 1.807) is 0 Å². The van der Waals surface area contributed by atoms with Crippen molar-refractivity contribution in [1.29, 1.82) is 0 Å². The lowest BCUT2D eigenvalue weighted by atomic mass is 9.92. The summed E-state index contributed by atoms with van der Waals surface area (Å²) >= 11 is 1.82. The fourth-order valence-electron chi connectivity index (χ4n) is 3.07. The molecule has 0 aliphatic rings. The van der Waals surface area contributed by atoms with Crippen LogP contribution in [0, 0.1) is 17.8 Å².